The summed E-state index contributed by atoms with van der Waals surface area (Å²) in [7, 11) is 0. The van der Waals surface area contributed by atoms with Gasteiger partial charge in [0.15, 0.2) is 0 Å². The molecular weight excluding hydrogens is 282 g/mol. The number of nitrogens with one attached hydrogen (secondary N) is 1. The summed E-state index contributed by atoms with van der Waals surface area (Å²) in [5, 5.41) is 24.4. The molecular formula is C12H13N3O6. The summed E-state index contributed by atoms with van der Waals surface area (Å²) in [6.07, 6.45) is 1.55. The van der Waals surface area contributed by atoms with Gasteiger partial charge < -0.3 is 10.1 Å². The van der Waals surface area contributed by atoms with Gasteiger partial charge >= 0.3 is 5.97 Å². The van der Waals surface area contributed by atoms with Gasteiger partial charge in [0.2, 0.25) is 0 Å². The molecule has 1 N–H and O–H groups in total. The predicted octanol–water partition coefficient (Wildman–Crippen LogP) is 1.30. The maximum absolute atomic E-state index is 11.7. The molecule has 2 rings (SSSR count). The zero-order valence-corrected chi connectivity index (χ0v) is 11.0. The van der Waals surface area contributed by atoms with Crippen LogP contribution in [0, 0.1) is 20.2 Å². The number of ether oxygens (including phenoxy) is 1. The molecule has 0 amide bonds. The molecule has 112 valence electrons. The van der Waals surface area contributed by atoms with Gasteiger partial charge in [-0.2, -0.15) is 0 Å². The van der Waals surface area contributed by atoms with Crippen LogP contribution in [0.2, 0.25) is 0 Å². The summed E-state index contributed by atoms with van der Waals surface area (Å²) in [5.41, 5.74) is -0.606. The van der Waals surface area contributed by atoms with E-state index in [0.717, 1.165) is 31.2 Å². The quantitative estimate of drug-likeness (QED) is 0.493. The number of benzene rings is 1. The summed E-state index contributed by atoms with van der Waals surface area (Å²) in [6.45, 7) is 0.502. The van der Waals surface area contributed by atoms with E-state index in [9.17, 15) is 25.0 Å². The summed E-state index contributed by atoms with van der Waals surface area (Å²) in [4.78, 5) is 31.7. The Morgan fingerprint density at radius 2 is 1.86 bits per heavy atom. The molecule has 0 aliphatic carbocycles. The van der Waals surface area contributed by atoms with Crippen molar-refractivity contribution >= 4 is 17.3 Å². The number of hydrogen-bond acceptors (Lipinski definition) is 7. The smallest absolute Gasteiger partial charge is 0.323 e. The molecule has 9 nitrogen and oxygen atoms in total. The van der Waals surface area contributed by atoms with Crippen molar-refractivity contribution in [3.05, 3.63) is 44.0 Å². The van der Waals surface area contributed by atoms with Crippen molar-refractivity contribution < 1.29 is 19.4 Å². The van der Waals surface area contributed by atoms with Gasteiger partial charge in [-0.3, -0.25) is 25.0 Å². The number of rotatable bonds is 5. The summed E-state index contributed by atoms with van der Waals surface area (Å²) >= 11 is 0. The molecule has 0 radical (unpaired) electrons. The molecule has 1 saturated heterocycles. The number of nitrogens with zero attached hydrogens (tertiary/aromatic N) is 2. The summed E-state index contributed by atoms with van der Waals surface area (Å²) < 4.78 is 5.03. The van der Waals surface area contributed by atoms with Crippen molar-refractivity contribution in [1.82, 2.24) is 5.32 Å². The van der Waals surface area contributed by atoms with Gasteiger partial charge in [-0.15, -0.1) is 0 Å². The van der Waals surface area contributed by atoms with Gasteiger partial charge in [0, 0.05) is 17.7 Å². The van der Waals surface area contributed by atoms with Crippen LogP contribution in [0.15, 0.2) is 18.2 Å². The minimum atomic E-state index is -0.725. The third kappa shape index (κ3) is 3.72. The number of esters is 1. The Bertz CT molecular complexity index is 550. The second-order valence-electron chi connectivity index (χ2n) is 4.63. The van der Waals surface area contributed by atoms with E-state index in [2.05, 4.69) is 5.32 Å². The highest BCUT2D eigenvalue weighted by Gasteiger charge is 2.24. The van der Waals surface area contributed by atoms with Crippen LogP contribution in [-0.2, 0) is 16.1 Å². The van der Waals surface area contributed by atoms with Crippen LogP contribution in [0.3, 0.4) is 0 Å². The average Bonchev–Trinajstić information content (AvgIpc) is 2.98. The third-order valence-corrected chi connectivity index (χ3v) is 3.11. The number of nitro benzene ring substituents is 2. The SMILES string of the molecule is O=C(OCc1cc([N+](=O)[O-])cc([N+](=O)[O-])c1)[C@H]1CCCN1. The largest absolute Gasteiger partial charge is 0.460 e. The van der Waals surface area contributed by atoms with E-state index in [1.165, 1.54) is 0 Å². The Hall–Kier alpha value is -2.55. The number of hydrogen-bond donors (Lipinski definition) is 1. The zero-order valence-electron chi connectivity index (χ0n) is 11.0. The van der Waals surface area contributed by atoms with Crippen LogP contribution in [-0.4, -0.2) is 28.4 Å². The van der Waals surface area contributed by atoms with E-state index in [1.54, 1.807) is 0 Å². The first-order valence-corrected chi connectivity index (χ1v) is 6.30. The second-order valence-corrected chi connectivity index (χ2v) is 4.63. The van der Waals surface area contributed by atoms with Crippen LogP contribution in [0.4, 0.5) is 11.4 Å². The molecule has 21 heavy (non-hydrogen) atoms. The Morgan fingerprint density at radius 3 is 2.33 bits per heavy atom. The maximum Gasteiger partial charge on any atom is 0.323 e. The van der Waals surface area contributed by atoms with E-state index in [0.29, 0.717) is 6.42 Å². The van der Waals surface area contributed by atoms with Crippen LogP contribution in [0.25, 0.3) is 0 Å². The van der Waals surface area contributed by atoms with Crippen molar-refractivity contribution in [2.24, 2.45) is 0 Å². The number of nitro groups is 2. The predicted molar refractivity (Wildman–Crippen MR) is 70.6 cm³/mol. The molecule has 9 heteroatoms. The Balaban J connectivity index is 2.09. The molecule has 0 saturated carbocycles. The van der Waals surface area contributed by atoms with Gasteiger partial charge in [0.05, 0.1) is 15.9 Å². The molecule has 1 aliphatic heterocycles. The number of non-ortho nitro benzene ring substituents is 2. The van der Waals surface area contributed by atoms with Crippen molar-refractivity contribution in [1.29, 1.82) is 0 Å². The highest BCUT2D eigenvalue weighted by molar-refractivity contribution is 5.76. The number of carbonyl (C=O) groups excluding carboxylic acids is 1. The van der Waals surface area contributed by atoms with E-state index in [-0.39, 0.29) is 18.2 Å². The van der Waals surface area contributed by atoms with E-state index < -0.39 is 27.2 Å². The first-order chi connectivity index (χ1) is 9.97. The van der Waals surface area contributed by atoms with Gasteiger partial charge in [0.1, 0.15) is 12.6 Å². The van der Waals surface area contributed by atoms with Crippen molar-refractivity contribution in [3.63, 3.8) is 0 Å². The molecule has 0 spiro atoms. The first-order valence-electron chi connectivity index (χ1n) is 6.30. The highest BCUT2D eigenvalue weighted by Crippen LogP contribution is 2.23. The molecule has 0 bridgehead atoms. The van der Waals surface area contributed by atoms with Crippen LogP contribution >= 0.6 is 0 Å². The first kappa shape index (κ1) is 14.9. The third-order valence-electron chi connectivity index (χ3n) is 3.11. The van der Waals surface area contributed by atoms with E-state index in [4.69, 9.17) is 4.74 Å². The fraction of sp³-hybridized carbons (Fsp3) is 0.417. The fourth-order valence-electron chi connectivity index (χ4n) is 2.09. The molecule has 1 aliphatic rings. The van der Waals surface area contributed by atoms with Crippen molar-refractivity contribution in [2.45, 2.75) is 25.5 Å². The average molecular weight is 295 g/mol. The summed E-state index contributed by atoms with van der Waals surface area (Å²) in [6, 6.07) is 2.80. The normalized spacial score (nSPS) is 17.4. The van der Waals surface area contributed by atoms with Crippen molar-refractivity contribution in [2.75, 3.05) is 6.54 Å². The Kier molecular flexibility index (Phi) is 4.43. The monoisotopic (exact) mass is 295 g/mol. The minimum absolute atomic E-state index is 0.210. The summed E-state index contributed by atoms with van der Waals surface area (Å²) in [5.74, 6) is -0.457. The van der Waals surface area contributed by atoms with Crippen LogP contribution in [0.5, 0.6) is 0 Å². The molecule has 1 aromatic carbocycles. The standard InChI is InChI=1S/C12H13N3O6/c16-12(11-2-1-3-13-11)21-7-8-4-9(14(17)18)6-10(5-8)15(19)20/h4-6,11,13H,1-3,7H2/t11-/m1/s1. The van der Waals surface area contributed by atoms with Gasteiger partial charge in [-0.1, -0.05) is 0 Å². The zero-order chi connectivity index (χ0) is 15.4. The lowest BCUT2D eigenvalue weighted by atomic mass is 10.2. The van der Waals surface area contributed by atoms with Gasteiger partial charge in [0.25, 0.3) is 11.4 Å². The number of carbonyl (C=O) groups is 1. The molecule has 0 aromatic heterocycles. The topological polar surface area (TPSA) is 125 Å². The molecule has 1 atom stereocenters. The van der Waals surface area contributed by atoms with Crippen LogP contribution < -0.4 is 5.32 Å². The molecule has 0 unspecified atom stereocenters. The van der Waals surface area contributed by atoms with Gasteiger partial charge in [-0.25, -0.2) is 0 Å². The Labute approximate surface area is 119 Å². The fourth-order valence-corrected chi connectivity index (χ4v) is 2.09. The minimum Gasteiger partial charge on any atom is -0.460 e. The molecule has 1 heterocycles. The van der Waals surface area contributed by atoms with E-state index >= 15 is 0 Å². The lowest BCUT2D eigenvalue weighted by molar-refractivity contribution is -0.394. The van der Waals surface area contributed by atoms with Gasteiger partial charge in [-0.05, 0) is 19.4 Å². The molecule has 1 fully saturated rings. The molecule has 1 aromatic rings. The Morgan fingerprint density at radius 1 is 1.24 bits per heavy atom. The van der Waals surface area contributed by atoms with E-state index in [1.807, 2.05) is 0 Å². The maximum atomic E-state index is 11.7. The highest BCUT2D eigenvalue weighted by atomic mass is 16.6. The second kappa shape index (κ2) is 6.27. The van der Waals surface area contributed by atoms with Crippen molar-refractivity contribution in [3.8, 4) is 0 Å². The lowest BCUT2D eigenvalue weighted by Crippen LogP contribution is -2.32. The lowest BCUT2D eigenvalue weighted by Gasteiger charge is -2.10. The van der Waals surface area contributed by atoms with Crippen LogP contribution in [0.1, 0.15) is 18.4 Å².